The Balaban J connectivity index is 1.95. The average molecular weight is 239 g/mol. The van der Waals surface area contributed by atoms with Crippen LogP contribution in [-0.2, 0) is 4.79 Å². The van der Waals surface area contributed by atoms with Crippen LogP contribution in [0.15, 0.2) is 0 Å². The number of nitrogens with zero attached hydrogens (tertiary/aromatic N) is 2. The Morgan fingerprint density at radius 1 is 1.24 bits per heavy atom. The number of piperazine rings is 1. The molecule has 0 spiro atoms. The largest absolute Gasteiger partial charge is 0.340 e. The molecule has 98 valence electrons. The SMILES string of the molecule is CC1CN(C(=O)C2CCCCC2N)CCN1C. The van der Waals surface area contributed by atoms with Gasteiger partial charge in [0.15, 0.2) is 0 Å². The molecule has 17 heavy (non-hydrogen) atoms. The van der Waals surface area contributed by atoms with Crippen LogP contribution in [0.25, 0.3) is 0 Å². The molecule has 2 fully saturated rings. The molecule has 1 saturated heterocycles. The number of hydrogen-bond acceptors (Lipinski definition) is 3. The van der Waals surface area contributed by atoms with Crippen LogP contribution in [0.5, 0.6) is 0 Å². The van der Waals surface area contributed by atoms with Gasteiger partial charge in [0, 0.05) is 31.7 Å². The van der Waals surface area contributed by atoms with Gasteiger partial charge < -0.3 is 15.5 Å². The van der Waals surface area contributed by atoms with Crippen molar-refractivity contribution in [3.05, 3.63) is 0 Å². The monoisotopic (exact) mass is 239 g/mol. The highest BCUT2D eigenvalue weighted by atomic mass is 16.2. The van der Waals surface area contributed by atoms with Crippen molar-refractivity contribution in [2.24, 2.45) is 11.7 Å². The van der Waals surface area contributed by atoms with E-state index in [2.05, 4.69) is 18.9 Å². The third kappa shape index (κ3) is 2.80. The third-order valence-electron chi connectivity index (χ3n) is 4.41. The van der Waals surface area contributed by atoms with Crippen LogP contribution in [0, 0.1) is 5.92 Å². The maximum absolute atomic E-state index is 12.4. The van der Waals surface area contributed by atoms with E-state index in [0.717, 1.165) is 38.9 Å². The fourth-order valence-corrected chi connectivity index (χ4v) is 2.95. The van der Waals surface area contributed by atoms with E-state index in [1.807, 2.05) is 4.90 Å². The summed E-state index contributed by atoms with van der Waals surface area (Å²) >= 11 is 0. The number of carbonyl (C=O) groups excluding carboxylic acids is 1. The highest BCUT2D eigenvalue weighted by Gasteiger charge is 2.33. The first kappa shape index (κ1) is 12.8. The molecule has 4 nitrogen and oxygen atoms in total. The van der Waals surface area contributed by atoms with Crippen molar-refractivity contribution in [3.63, 3.8) is 0 Å². The highest BCUT2D eigenvalue weighted by Crippen LogP contribution is 2.25. The van der Waals surface area contributed by atoms with Crippen LogP contribution in [0.3, 0.4) is 0 Å². The molecule has 0 aromatic rings. The smallest absolute Gasteiger partial charge is 0.227 e. The summed E-state index contributed by atoms with van der Waals surface area (Å²) in [5.74, 6) is 0.386. The molecule has 0 radical (unpaired) electrons. The normalized spacial score (nSPS) is 35.9. The molecule has 1 aliphatic heterocycles. The molecule has 4 heteroatoms. The zero-order valence-corrected chi connectivity index (χ0v) is 11.1. The Bertz CT molecular complexity index is 282. The standard InChI is InChI=1S/C13H25N3O/c1-10-9-16(8-7-15(10)2)13(17)11-5-3-4-6-12(11)14/h10-12H,3-9,14H2,1-2H3. The van der Waals surface area contributed by atoms with E-state index >= 15 is 0 Å². The zero-order chi connectivity index (χ0) is 12.4. The van der Waals surface area contributed by atoms with Gasteiger partial charge in [-0.15, -0.1) is 0 Å². The van der Waals surface area contributed by atoms with E-state index < -0.39 is 0 Å². The van der Waals surface area contributed by atoms with Crippen LogP contribution in [0.4, 0.5) is 0 Å². The number of hydrogen-bond donors (Lipinski definition) is 1. The molecule has 0 aromatic carbocycles. The molecular formula is C13H25N3O. The first-order chi connectivity index (χ1) is 8.09. The van der Waals surface area contributed by atoms with E-state index in [1.54, 1.807) is 0 Å². The molecule has 2 rings (SSSR count). The Hall–Kier alpha value is -0.610. The second-order valence-electron chi connectivity index (χ2n) is 5.67. The van der Waals surface area contributed by atoms with Gasteiger partial charge >= 0.3 is 0 Å². The molecule has 3 atom stereocenters. The summed E-state index contributed by atoms with van der Waals surface area (Å²) in [5, 5.41) is 0. The van der Waals surface area contributed by atoms with Crippen LogP contribution in [0.2, 0.25) is 0 Å². The minimum Gasteiger partial charge on any atom is -0.340 e. The zero-order valence-electron chi connectivity index (χ0n) is 11.1. The lowest BCUT2D eigenvalue weighted by Gasteiger charge is -2.40. The quantitative estimate of drug-likeness (QED) is 0.731. The number of carbonyl (C=O) groups is 1. The van der Waals surface area contributed by atoms with Crippen LogP contribution < -0.4 is 5.73 Å². The highest BCUT2D eigenvalue weighted by molar-refractivity contribution is 5.79. The van der Waals surface area contributed by atoms with E-state index in [-0.39, 0.29) is 12.0 Å². The molecule has 2 N–H and O–H groups in total. The fourth-order valence-electron chi connectivity index (χ4n) is 2.95. The molecule has 1 saturated carbocycles. The minimum atomic E-state index is 0.0827. The van der Waals surface area contributed by atoms with Crippen molar-refractivity contribution in [1.82, 2.24) is 9.80 Å². The molecule has 1 aliphatic carbocycles. The fraction of sp³-hybridized carbons (Fsp3) is 0.923. The maximum Gasteiger partial charge on any atom is 0.227 e. The van der Waals surface area contributed by atoms with Gasteiger partial charge in [0.05, 0.1) is 5.92 Å². The first-order valence-corrected chi connectivity index (χ1v) is 6.84. The summed E-state index contributed by atoms with van der Waals surface area (Å²) in [6, 6.07) is 0.554. The van der Waals surface area contributed by atoms with Crippen molar-refractivity contribution >= 4 is 5.91 Å². The Kier molecular flexibility index (Phi) is 4.05. The van der Waals surface area contributed by atoms with E-state index in [0.29, 0.717) is 11.9 Å². The Labute approximate surface area is 104 Å². The Morgan fingerprint density at radius 2 is 1.94 bits per heavy atom. The van der Waals surface area contributed by atoms with Gasteiger partial charge in [0.2, 0.25) is 5.91 Å². The lowest BCUT2D eigenvalue weighted by atomic mass is 9.84. The van der Waals surface area contributed by atoms with Crippen molar-refractivity contribution in [2.45, 2.75) is 44.7 Å². The molecule has 0 aromatic heterocycles. The van der Waals surface area contributed by atoms with Crippen molar-refractivity contribution in [2.75, 3.05) is 26.7 Å². The van der Waals surface area contributed by atoms with E-state index in [1.165, 1.54) is 6.42 Å². The van der Waals surface area contributed by atoms with Gasteiger partial charge in [-0.05, 0) is 26.8 Å². The number of likely N-dealkylation sites (N-methyl/N-ethyl adjacent to an activating group) is 1. The van der Waals surface area contributed by atoms with Gasteiger partial charge in [-0.3, -0.25) is 4.79 Å². The summed E-state index contributed by atoms with van der Waals surface area (Å²) < 4.78 is 0. The lowest BCUT2D eigenvalue weighted by Crippen LogP contribution is -2.55. The summed E-state index contributed by atoms with van der Waals surface area (Å²) in [6.07, 6.45) is 4.35. The molecule has 2 aliphatic rings. The van der Waals surface area contributed by atoms with Crippen molar-refractivity contribution in [3.8, 4) is 0 Å². The number of amides is 1. The van der Waals surface area contributed by atoms with Crippen LogP contribution in [0.1, 0.15) is 32.6 Å². The van der Waals surface area contributed by atoms with Crippen LogP contribution >= 0.6 is 0 Å². The van der Waals surface area contributed by atoms with Crippen molar-refractivity contribution in [1.29, 1.82) is 0 Å². The van der Waals surface area contributed by atoms with Crippen LogP contribution in [-0.4, -0.2) is 54.5 Å². The van der Waals surface area contributed by atoms with Crippen molar-refractivity contribution < 1.29 is 4.79 Å². The van der Waals surface area contributed by atoms with Gasteiger partial charge in [-0.25, -0.2) is 0 Å². The molecule has 0 bridgehead atoms. The summed E-state index contributed by atoms with van der Waals surface area (Å²) in [4.78, 5) is 16.8. The second kappa shape index (κ2) is 5.36. The number of nitrogens with two attached hydrogens (primary N) is 1. The first-order valence-electron chi connectivity index (χ1n) is 6.84. The molecule has 1 amide bonds. The van der Waals surface area contributed by atoms with Gasteiger partial charge in [0.1, 0.15) is 0 Å². The number of rotatable bonds is 1. The Morgan fingerprint density at radius 3 is 2.59 bits per heavy atom. The predicted octanol–water partition coefficient (Wildman–Crippen LogP) is 0.666. The molecular weight excluding hydrogens is 214 g/mol. The van der Waals surface area contributed by atoms with Gasteiger partial charge in [-0.1, -0.05) is 12.8 Å². The van der Waals surface area contributed by atoms with E-state index in [9.17, 15) is 4.79 Å². The molecule has 3 unspecified atom stereocenters. The minimum absolute atomic E-state index is 0.0827. The average Bonchev–Trinajstić information content (AvgIpc) is 2.32. The topological polar surface area (TPSA) is 49.6 Å². The van der Waals surface area contributed by atoms with Gasteiger partial charge in [0.25, 0.3) is 0 Å². The maximum atomic E-state index is 12.4. The summed E-state index contributed by atoms with van der Waals surface area (Å²) in [5.41, 5.74) is 6.09. The molecule has 1 heterocycles. The van der Waals surface area contributed by atoms with E-state index in [4.69, 9.17) is 5.73 Å². The summed E-state index contributed by atoms with van der Waals surface area (Å²) in [7, 11) is 2.12. The lowest BCUT2D eigenvalue weighted by molar-refractivity contribution is -0.139. The predicted molar refractivity (Wildman–Crippen MR) is 68.6 cm³/mol. The summed E-state index contributed by atoms with van der Waals surface area (Å²) in [6.45, 7) is 4.89. The third-order valence-corrected chi connectivity index (χ3v) is 4.41. The second-order valence-corrected chi connectivity index (χ2v) is 5.67. The van der Waals surface area contributed by atoms with Gasteiger partial charge in [-0.2, -0.15) is 0 Å².